The Morgan fingerprint density at radius 1 is 1.16 bits per heavy atom. The highest BCUT2D eigenvalue weighted by molar-refractivity contribution is 6.31. The third-order valence-corrected chi connectivity index (χ3v) is 7.86. The number of H-pyrrole nitrogens is 1. The van der Waals surface area contributed by atoms with Gasteiger partial charge in [-0.05, 0) is 60.4 Å². The number of aromatic amines is 1. The highest BCUT2D eigenvalue weighted by atomic mass is 35.5. The molecule has 4 aromatic heterocycles. The first-order chi connectivity index (χ1) is 20.9. The average Bonchev–Trinajstić information content (AvgIpc) is 3.82. The van der Waals surface area contributed by atoms with E-state index in [4.69, 9.17) is 20.8 Å². The molecule has 1 fully saturated rings. The summed E-state index contributed by atoms with van der Waals surface area (Å²) in [4.78, 5) is 26.9. The van der Waals surface area contributed by atoms with Gasteiger partial charge in [-0.25, -0.2) is 18.7 Å². The molecule has 16 heteroatoms. The van der Waals surface area contributed by atoms with Crippen molar-refractivity contribution in [2.24, 2.45) is 0 Å². The zero-order valence-electron chi connectivity index (χ0n) is 22.4. The molecule has 6 heterocycles. The van der Waals surface area contributed by atoms with Crippen LogP contribution in [0.1, 0.15) is 55.6 Å². The first-order valence-corrected chi connectivity index (χ1v) is 13.6. The van der Waals surface area contributed by atoms with E-state index < -0.39 is 17.7 Å². The molecule has 0 radical (unpaired) electrons. The van der Waals surface area contributed by atoms with Crippen molar-refractivity contribution in [2.45, 2.75) is 44.4 Å². The quantitative estimate of drug-likeness (QED) is 0.281. The van der Waals surface area contributed by atoms with E-state index >= 15 is 8.78 Å². The van der Waals surface area contributed by atoms with Gasteiger partial charge in [0.1, 0.15) is 12.2 Å². The number of tetrazole rings is 1. The van der Waals surface area contributed by atoms with Gasteiger partial charge in [-0.2, -0.15) is 4.68 Å². The minimum atomic E-state index is -0.722. The molecule has 0 aliphatic carbocycles. The molecular formula is C27H21ClF2N10O3. The molecule has 0 saturated carbocycles. The number of nitrogens with one attached hydrogen (secondary N) is 1. The van der Waals surface area contributed by atoms with Crippen molar-refractivity contribution in [2.75, 3.05) is 0 Å². The zero-order chi connectivity index (χ0) is 29.7. The van der Waals surface area contributed by atoms with E-state index in [0.29, 0.717) is 42.0 Å². The van der Waals surface area contributed by atoms with Gasteiger partial charge in [0.25, 0.3) is 11.8 Å². The minimum Gasteiger partial charge on any atom is -0.462 e. The van der Waals surface area contributed by atoms with Crippen molar-refractivity contribution in [1.29, 1.82) is 0 Å². The summed E-state index contributed by atoms with van der Waals surface area (Å²) in [5, 5.41) is 18.5. The summed E-state index contributed by atoms with van der Waals surface area (Å²) in [6.07, 6.45) is 7.76. The predicted molar refractivity (Wildman–Crippen MR) is 144 cm³/mol. The smallest absolute Gasteiger partial charge is 0.256 e. The third-order valence-electron chi connectivity index (χ3n) is 7.57. The van der Waals surface area contributed by atoms with Crippen molar-refractivity contribution in [1.82, 2.24) is 50.3 Å². The molecule has 2 aliphatic heterocycles. The van der Waals surface area contributed by atoms with Gasteiger partial charge >= 0.3 is 0 Å². The van der Waals surface area contributed by atoms with Gasteiger partial charge in [-0.1, -0.05) is 11.6 Å². The fourth-order valence-electron chi connectivity index (χ4n) is 5.64. The van der Waals surface area contributed by atoms with Crippen molar-refractivity contribution in [3.8, 4) is 22.8 Å². The van der Waals surface area contributed by atoms with Crippen LogP contribution in [0.3, 0.4) is 0 Å². The summed E-state index contributed by atoms with van der Waals surface area (Å²) >= 11 is 6.12. The van der Waals surface area contributed by atoms with Gasteiger partial charge in [-0.3, -0.25) is 4.79 Å². The number of carbonyl (C=O) groups excluding carboxylic acids is 1. The fourth-order valence-corrected chi connectivity index (χ4v) is 5.80. The van der Waals surface area contributed by atoms with E-state index in [9.17, 15) is 4.79 Å². The van der Waals surface area contributed by atoms with Crippen LogP contribution in [0.15, 0.2) is 53.8 Å². The highest BCUT2D eigenvalue weighted by Crippen LogP contribution is 2.44. The maximum absolute atomic E-state index is 15.4. The Labute approximate surface area is 246 Å². The number of halogens is 3. The Morgan fingerprint density at radius 2 is 2.05 bits per heavy atom. The lowest BCUT2D eigenvalue weighted by Crippen LogP contribution is -2.39. The van der Waals surface area contributed by atoms with Crippen LogP contribution in [-0.4, -0.2) is 62.2 Å². The fraction of sp³-hybridized carbons (Fsp3) is 0.259. The van der Waals surface area contributed by atoms with Crippen molar-refractivity contribution in [3.05, 3.63) is 83.3 Å². The van der Waals surface area contributed by atoms with Gasteiger partial charge in [0.15, 0.2) is 17.7 Å². The van der Waals surface area contributed by atoms with E-state index in [1.807, 2.05) is 0 Å². The Hall–Kier alpha value is -5.05. The molecule has 0 unspecified atom stereocenters. The van der Waals surface area contributed by atoms with Crippen LogP contribution in [0.2, 0.25) is 5.02 Å². The van der Waals surface area contributed by atoms with Crippen molar-refractivity contribution in [3.63, 3.8) is 0 Å². The van der Waals surface area contributed by atoms with Gasteiger partial charge < -0.3 is 19.0 Å². The molecule has 1 saturated heterocycles. The summed E-state index contributed by atoms with van der Waals surface area (Å²) in [6.45, 7) is 1.63. The van der Waals surface area contributed by atoms with Crippen LogP contribution >= 0.6 is 11.6 Å². The predicted octanol–water partition coefficient (Wildman–Crippen LogP) is 4.42. The number of amides is 1. The van der Waals surface area contributed by atoms with Crippen LogP contribution in [0, 0.1) is 11.6 Å². The Morgan fingerprint density at radius 3 is 2.84 bits per heavy atom. The standard InChI is InChI=1S/C27H21ClF2N10O3/c1-13(26-36-34-12-42-26)43-27-23(29)16(6-7-31-27)18-10-32-25(35-18)20-4-2-15-8-14(9-21(41)40(15)20)22-19(39-11-33-37-38-39)5-3-17(28)24(22)30/h3,5-7,9-13,15,20H,2,4,8H2,1H3,(H,32,35)/t13-,15+,20-/m0/s1. The second-order valence-electron chi connectivity index (χ2n) is 10.1. The van der Waals surface area contributed by atoms with Crippen molar-refractivity contribution < 1.29 is 22.7 Å². The first-order valence-electron chi connectivity index (χ1n) is 13.3. The van der Waals surface area contributed by atoms with Crippen LogP contribution in [0.5, 0.6) is 5.88 Å². The third kappa shape index (κ3) is 4.70. The number of aromatic nitrogens is 9. The summed E-state index contributed by atoms with van der Waals surface area (Å²) < 4.78 is 42.9. The molecule has 0 spiro atoms. The number of rotatable bonds is 7. The second-order valence-corrected chi connectivity index (χ2v) is 10.5. The lowest BCUT2D eigenvalue weighted by molar-refractivity contribution is -0.129. The molecule has 1 N–H and O–H groups in total. The molecule has 0 bridgehead atoms. The molecular weight excluding hydrogens is 586 g/mol. The SMILES string of the molecule is C[C@H](Oc1nccc(-c2cnc([C@@H]3CC[C@@H]4CC(c5c(-n6cnnn6)ccc(Cl)c5F)=CC(=O)N43)[nH]2)c1F)c1nnco1. The van der Waals surface area contributed by atoms with Crippen LogP contribution < -0.4 is 4.74 Å². The molecule has 1 amide bonds. The van der Waals surface area contributed by atoms with E-state index in [1.165, 1.54) is 41.6 Å². The average molecular weight is 607 g/mol. The van der Waals surface area contributed by atoms with E-state index in [1.54, 1.807) is 17.9 Å². The first kappa shape index (κ1) is 26.8. The van der Waals surface area contributed by atoms with Gasteiger partial charge in [-0.15, -0.1) is 15.3 Å². The van der Waals surface area contributed by atoms with Crippen molar-refractivity contribution >= 4 is 23.1 Å². The Kier molecular flexibility index (Phi) is 6.65. The Balaban J connectivity index is 1.15. The number of fused-ring (bicyclic) bond motifs is 1. The van der Waals surface area contributed by atoms with Gasteiger partial charge in [0.05, 0.1) is 28.6 Å². The Bertz CT molecular complexity index is 1840. The summed E-state index contributed by atoms with van der Waals surface area (Å²) in [6, 6.07) is 3.93. The lowest BCUT2D eigenvalue weighted by atomic mass is 9.92. The number of ether oxygens (including phenoxy) is 1. The number of benzene rings is 1. The van der Waals surface area contributed by atoms with Crippen LogP contribution in [0.25, 0.3) is 22.5 Å². The lowest BCUT2D eigenvalue weighted by Gasteiger charge is -2.33. The molecule has 218 valence electrons. The number of nitrogens with zero attached hydrogens (tertiary/aromatic N) is 9. The van der Waals surface area contributed by atoms with E-state index in [0.717, 1.165) is 6.39 Å². The summed E-state index contributed by atoms with van der Waals surface area (Å²) in [5.41, 5.74) is 1.63. The summed E-state index contributed by atoms with van der Waals surface area (Å²) in [7, 11) is 0. The number of hydrogen-bond donors (Lipinski definition) is 1. The maximum atomic E-state index is 15.4. The minimum absolute atomic E-state index is 0.0731. The molecule has 7 rings (SSSR count). The van der Waals surface area contributed by atoms with E-state index in [-0.39, 0.29) is 45.9 Å². The second kappa shape index (κ2) is 10.7. The van der Waals surface area contributed by atoms with Crippen LogP contribution in [-0.2, 0) is 4.79 Å². The number of hydrogen-bond acceptors (Lipinski definition) is 10. The number of carbonyl (C=O) groups is 1. The van der Waals surface area contributed by atoms with Gasteiger partial charge in [0.2, 0.25) is 12.3 Å². The summed E-state index contributed by atoms with van der Waals surface area (Å²) in [5.74, 6) is -1.20. The normalized spacial score (nSPS) is 18.9. The van der Waals surface area contributed by atoms with Gasteiger partial charge in [0, 0.05) is 29.4 Å². The highest BCUT2D eigenvalue weighted by Gasteiger charge is 2.42. The molecule has 3 atom stereocenters. The largest absolute Gasteiger partial charge is 0.462 e. The van der Waals surface area contributed by atoms with Crippen LogP contribution in [0.4, 0.5) is 8.78 Å². The number of imidazole rings is 1. The molecule has 1 aromatic carbocycles. The molecule has 5 aromatic rings. The molecule has 43 heavy (non-hydrogen) atoms. The maximum Gasteiger partial charge on any atom is 0.256 e. The zero-order valence-corrected chi connectivity index (χ0v) is 23.1. The van der Waals surface area contributed by atoms with E-state index in [2.05, 4.69) is 40.7 Å². The molecule has 2 aliphatic rings. The number of pyridine rings is 1. The molecule has 13 nitrogen and oxygen atoms in total. The monoisotopic (exact) mass is 606 g/mol. The topological polar surface area (TPSA) is 154 Å².